The molecule has 6 heteroatoms. The van der Waals surface area contributed by atoms with Crippen LogP contribution in [0.25, 0.3) is 10.8 Å². The minimum absolute atomic E-state index is 0.163. The smallest absolute Gasteiger partial charge is 0.335 e. The van der Waals surface area contributed by atoms with E-state index in [0.29, 0.717) is 11.3 Å². The lowest BCUT2D eigenvalue weighted by Gasteiger charge is -2.08. The number of hydrogen-bond donors (Lipinski definition) is 2. The molecule has 0 radical (unpaired) electrons. The molecule has 0 saturated carbocycles. The van der Waals surface area contributed by atoms with Gasteiger partial charge in [0, 0.05) is 5.39 Å². The van der Waals surface area contributed by atoms with Gasteiger partial charge in [0.1, 0.15) is 5.75 Å². The third kappa shape index (κ3) is 4.24. The normalized spacial score (nSPS) is 10.8. The third-order valence-electron chi connectivity index (χ3n) is 3.67. The van der Waals surface area contributed by atoms with Gasteiger partial charge in [-0.15, -0.1) is 0 Å². The highest BCUT2D eigenvalue weighted by Gasteiger charge is 2.05. The molecule has 0 spiro atoms. The van der Waals surface area contributed by atoms with Crippen LogP contribution in [0, 0.1) is 0 Å². The van der Waals surface area contributed by atoms with Gasteiger partial charge in [-0.2, -0.15) is 5.10 Å². The summed E-state index contributed by atoms with van der Waals surface area (Å²) in [5.41, 5.74) is 3.24. The fourth-order valence-electron chi connectivity index (χ4n) is 2.39. The average Bonchev–Trinajstić information content (AvgIpc) is 2.66. The van der Waals surface area contributed by atoms with Gasteiger partial charge >= 0.3 is 5.97 Å². The highest BCUT2D eigenvalue weighted by molar-refractivity contribution is 5.90. The molecule has 0 aliphatic heterocycles. The summed E-state index contributed by atoms with van der Waals surface area (Å²) in [6, 6.07) is 19.6. The molecular formula is C20H16N2O4. The molecular weight excluding hydrogens is 332 g/mol. The molecule has 0 saturated heterocycles. The lowest BCUT2D eigenvalue weighted by Crippen LogP contribution is -2.24. The summed E-state index contributed by atoms with van der Waals surface area (Å²) in [5, 5.41) is 14.6. The van der Waals surface area contributed by atoms with Crippen molar-refractivity contribution in [2.45, 2.75) is 0 Å². The van der Waals surface area contributed by atoms with Crippen molar-refractivity contribution in [1.82, 2.24) is 5.43 Å². The number of rotatable bonds is 6. The zero-order valence-corrected chi connectivity index (χ0v) is 13.8. The Labute approximate surface area is 149 Å². The van der Waals surface area contributed by atoms with Crippen LogP contribution in [0.2, 0.25) is 0 Å². The SMILES string of the molecule is O=C(COc1cccc2ccccc12)N/N=C\c1ccc(C(=O)O)cc1. The number of carbonyl (C=O) groups excluding carboxylic acids is 1. The Morgan fingerprint density at radius 2 is 1.73 bits per heavy atom. The summed E-state index contributed by atoms with van der Waals surface area (Å²) < 4.78 is 5.57. The Morgan fingerprint density at radius 3 is 2.50 bits per heavy atom. The highest BCUT2D eigenvalue weighted by atomic mass is 16.5. The predicted molar refractivity (Wildman–Crippen MR) is 98.6 cm³/mol. The zero-order valence-electron chi connectivity index (χ0n) is 13.8. The monoisotopic (exact) mass is 348 g/mol. The maximum atomic E-state index is 11.9. The molecule has 0 bridgehead atoms. The number of ether oxygens (including phenoxy) is 1. The van der Waals surface area contributed by atoms with E-state index in [-0.39, 0.29) is 12.2 Å². The molecule has 3 aromatic rings. The molecule has 130 valence electrons. The lowest BCUT2D eigenvalue weighted by molar-refractivity contribution is -0.123. The van der Waals surface area contributed by atoms with Crippen molar-refractivity contribution in [1.29, 1.82) is 0 Å². The first-order valence-corrected chi connectivity index (χ1v) is 7.89. The van der Waals surface area contributed by atoms with Crippen molar-refractivity contribution in [2.24, 2.45) is 5.10 Å². The Balaban J connectivity index is 1.55. The molecule has 0 heterocycles. The Kier molecular flexibility index (Phi) is 5.24. The molecule has 0 fully saturated rings. The molecule has 3 rings (SSSR count). The van der Waals surface area contributed by atoms with Crippen LogP contribution in [0.1, 0.15) is 15.9 Å². The van der Waals surface area contributed by atoms with Gasteiger partial charge in [-0.25, -0.2) is 10.2 Å². The van der Waals surface area contributed by atoms with Gasteiger partial charge in [0.15, 0.2) is 6.61 Å². The van der Waals surface area contributed by atoms with Crippen LogP contribution in [-0.2, 0) is 4.79 Å². The van der Waals surface area contributed by atoms with Crippen LogP contribution in [0.4, 0.5) is 0 Å². The molecule has 0 aromatic heterocycles. The molecule has 0 aliphatic rings. The largest absolute Gasteiger partial charge is 0.483 e. The number of nitrogens with one attached hydrogen (secondary N) is 1. The molecule has 0 unspecified atom stereocenters. The van der Waals surface area contributed by atoms with E-state index in [1.165, 1.54) is 18.3 Å². The summed E-state index contributed by atoms with van der Waals surface area (Å²) in [4.78, 5) is 22.6. The Morgan fingerprint density at radius 1 is 1.00 bits per heavy atom. The van der Waals surface area contributed by atoms with E-state index in [9.17, 15) is 9.59 Å². The first kappa shape index (κ1) is 17.2. The van der Waals surface area contributed by atoms with Gasteiger partial charge in [0.05, 0.1) is 11.8 Å². The lowest BCUT2D eigenvalue weighted by atomic mass is 10.1. The quantitative estimate of drug-likeness (QED) is 0.529. The summed E-state index contributed by atoms with van der Waals surface area (Å²) in [6.45, 7) is -0.163. The van der Waals surface area contributed by atoms with Crippen molar-refractivity contribution < 1.29 is 19.4 Å². The number of benzene rings is 3. The fourth-order valence-corrected chi connectivity index (χ4v) is 2.39. The summed E-state index contributed by atoms with van der Waals surface area (Å²) in [5.74, 6) is -0.754. The molecule has 0 atom stereocenters. The van der Waals surface area contributed by atoms with Crippen molar-refractivity contribution in [3.05, 3.63) is 77.9 Å². The second-order valence-corrected chi connectivity index (χ2v) is 5.49. The van der Waals surface area contributed by atoms with E-state index < -0.39 is 11.9 Å². The zero-order chi connectivity index (χ0) is 18.4. The minimum Gasteiger partial charge on any atom is -0.483 e. The summed E-state index contributed by atoms with van der Waals surface area (Å²) in [6.07, 6.45) is 1.43. The van der Waals surface area contributed by atoms with Gasteiger partial charge in [-0.1, -0.05) is 48.5 Å². The maximum Gasteiger partial charge on any atom is 0.335 e. The van der Waals surface area contributed by atoms with Crippen molar-refractivity contribution >= 4 is 28.9 Å². The van der Waals surface area contributed by atoms with Crippen molar-refractivity contribution in [3.8, 4) is 5.75 Å². The highest BCUT2D eigenvalue weighted by Crippen LogP contribution is 2.24. The second kappa shape index (κ2) is 7.94. The topological polar surface area (TPSA) is 88.0 Å². The number of aromatic carboxylic acids is 1. The fraction of sp³-hybridized carbons (Fsp3) is 0.0500. The molecule has 3 aromatic carbocycles. The minimum atomic E-state index is -0.993. The summed E-state index contributed by atoms with van der Waals surface area (Å²) >= 11 is 0. The number of carboxylic acid groups (broad SMARTS) is 1. The molecule has 6 nitrogen and oxygen atoms in total. The number of carbonyl (C=O) groups is 2. The average molecular weight is 348 g/mol. The van der Waals surface area contributed by atoms with Gasteiger partial charge < -0.3 is 9.84 Å². The molecule has 0 aliphatic carbocycles. The van der Waals surface area contributed by atoms with Crippen LogP contribution in [0.15, 0.2) is 71.8 Å². The summed E-state index contributed by atoms with van der Waals surface area (Å²) in [7, 11) is 0. The van der Waals surface area contributed by atoms with Gasteiger partial charge in [-0.3, -0.25) is 4.79 Å². The Bertz CT molecular complexity index is 960. The number of fused-ring (bicyclic) bond motifs is 1. The number of amides is 1. The third-order valence-corrected chi connectivity index (χ3v) is 3.67. The predicted octanol–water partition coefficient (Wildman–Crippen LogP) is 3.07. The number of nitrogens with zero attached hydrogens (tertiary/aromatic N) is 1. The van der Waals surface area contributed by atoms with Crippen molar-refractivity contribution in [3.63, 3.8) is 0 Å². The van der Waals surface area contributed by atoms with Crippen LogP contribution >= 0.6 is 0 Å². The van der Waals surface area contributed by atoms with Crippen LogP contribution in [-0.4, -0.2) is 29.8 Å². The van der Waals surface area contributed by atoms with Crippen molar-refractivity contribution in [2.75, 3.05) is 6.61 Å². The first-order valence-electron chi connectivity index (χ1n) is 7.89. The molecule has 26 heavy (non-hydrogen) atoms. The van der Waals surface area contributed by atoms with Crippen LogP contribution in [0.3, 0.4) is 0 Å². The Hall–Kier alpha value is -3.67. The van der Waals surface area contributed by atoms with Gasteiger partial charge in [0.2, 0.25) is 0 Å². The maximum absolute atomic E-state index is 11.9. The van der Waals surface area contributed by atoms with Gasteiger partial charge in [0.25, 0.3) is 5.91 Å². The molecule has 1 amide bonds. The van der Waals surface area contributed by atoms with E-state index in [1.807, 2.05) is 42.5 Å². The standard InChI is InChI=1S/C20H16N2O4/c23-19(22-21-12-14-8-10-16(11-9-14)20(24)25)13-26-18-7-3-5-15-4-1-2-6-17(15)18/h1-12H,13H2,(H,22,23)(H,24,25)/b21-12-. The second-order valence-electron chi connectivity index (χ2n) is 5.49. The number of hydrazone groups is 1. The first-order chi connectivity index (χ1) is 12.6. The molecule has 2 N–H and O–H groups in total. The van der Waals surface area contributed by atoms with Gasteiger partial charge in [-0.05, 0) is 29.1 Å². The van der Waals surface area contributed by atoms with E-state index >= 15 is 0 Å². The van der Waals surface area contributed by atoms with Crippen LogP contribution in [0.5, 0.6) is 5.75 Å². The number of hydrogen-bond acceptors (Lipinski definition) is 4. The van der Waals surface area contributed by atoms with E-state index in [1.54, 1.807) is 12.1 Å². The van der Waals surface area contributed by atoms with E-state index in [2.05, 4.69) is 10.5 Å². The van der Waals surface area contributed by atoms with E-state index in [0.717, 1.165) is 10.8 Å². The number of carboxylic acids is 1. The van der Waals surface area contributed by atoms with Crippen LogP contribution < -0.4 is 10.2 Å². The van der Waals surface area contributed by atoms with E-state index in [4.69, 9.17) is 9.84 Å².